The van der Waals surface area contributed by atoms with Crippen molar-refractivity contribution in [1.29, 1.82) is 0 Å². The summed E-state index contributed by atoms with van der Waals surface area (Å²) in [6, 6.07) is 18.9. The summed E-state index contributed by atoms with van der Waals surface area (Å²) in [7, 11) is 0. The number of aromatic nitrogens is 1. The van der Waals surface area contributed by atoms with Gasteiger partial charge in [-0.25, -0.2) is 4.98 Å². The molecule has 140 valence electrons. The smallest absolute Gasteiger partial charge is 0.192 e. The molecule has 4 rings (SSSR count). The van der Waals surface area contributed by atoms with E-state index < -0.39 is 0 Å². The van der Waals surface area contributed by atoms with Gasteiger partial charge in [0.25, 0.3) is 0 Å². The molecule has 0 bridgehead atoms. The Morgan fingerprint density at radius 3 is 2.57 bits per heavy atom. The minimum absolute atomic E-state index is 0.527. The Hall–Kier alpha value is -2.84. The van der Waals surface area contributed by atoms with Crippen molar-refractivity contribution in [3.8, 4) is 11.1 Å². The third kappa shape index (κ3) is 3.61. The van der Waals surface area contributed by atoms with Gasteiger partial charge < -0.3 is 4.42 Å². The van der Waals surface area contributed by atoms with Gasteiger partial charge in [-0.2, -0.15) is 0 Å². The second kappa shape index (κ2) is 7.65. The Balaban J connectivity index is 1.72. The summed E-state index contributed by atoms with van der Waals surface area (Å²) >= 11 is 5.99. The highest BCUT2D eigenvalue weighted by Gasteiger charge is 2.08. The van der Waals surface area contributed by atoms with Crippen LogP contribution in [0, 0.1) is 20.8 Å². The zero-order valence-electron chi connectivity index (χ0n) is 16.3. The third-order valence-electron chi connectivity index (χ3n) is 5.12. The van der Waals surface area contributed by atoms with Crippen LogP contribution >= 0.6 is 11.6 Å². The van der Waals surface area contributed by atoms with E-state index in [9.17, 15) is 0 Å². The zero-order chi connectivity index (χ0) is 19.7. The highest BCUT2D eigenvalue weighted by molar-refractivity contribution is 6.17. The number of benzene rings is 3. The minimum Gasteiger partial charge on any atom is -0.441 e. The molecular weight excluding hydrogens is 366 g/mol. The van der Waals surface area contributed by atoms with Crippen molar-refractivity contribution in [1.82, 2.24) is 4.98 Å². The third-order valence-corrected chi connectivity index (χ3v) is 5.43. The van der Waals surface area contributed by atoms with Gasteiger partial charge in [-0.05, 0) is 64.9 Å². The number of hydrogen-bond acceptors (Lipinski definition) is 2. The van der Waals surface area contributed by atoms with Crippen molar-refractivity contribution >= 4 is 34.9 Å². The second-order valence-corrected chi connectivity index (χ2v) is 7.36. The molecule has 1 heterocycles. The van der Waals surface area contributed by atoms with Crippen LogP contribution in [0.15, 0.2) is 59.0 Å². The van der Waals surface area contributed by atoms with Crippen molar-refractivity contribution in [2.75, 3.05) is 0 Å². The summed E-state index contributed by atoms with van der Waals surface area (Å²) in [5.74, 6) is 1.22. The Kier molecular flexibility index (Phi) is 5.06. The van der Waals surface area contributed by atoms with Gasteiger partial charge in [0.1, 0.15) is 5.52 Å². The summed E-state index contributed by atoms with van der Waals surface area (Å²) in [5, 5.41) is 0. The summed E-state index contributed by atoms with van der Waals surface area (Å²) in [4.78, 5) is 4.39. The number of halogens is 1. The first kappa shape index (κ1) is 18.5. The van der Waals surface area contributed by atoms with E-state index in [2.05, 4.69) is 79.5 Å². The highest BCUT2D eigenvalue weighted by Crippen LogP contribution is 2.30. The molecule has 0 radical (unpaired) electrons. The topological polar surface area (TPSA) is 26.0 Å². The van der Waals surface area contributed by atoms with E-state index in [0.29, 0.717) is 11.8 Å². The van der Waals surface area contributed by atoms with Crippen molar-refractivity contribution in [2.24, 2.45) is 0 Å². The molecule has 0 aliphatic carbocycles. The van der Waals surface area contributed by atoms with E-state index in [0.717, 1.165) is 22.2 Å². The molecule has 0 N–H and O–H groups in total. The molecule has 0 aliphatic rings. The molecule has 3 aromatic carbocycles. The SMILES string of the molecule is Cc1nc2ccc(-c3cccc(/C=C/c4cc(CCl)ccc4C)c3C)cc2o1. The fourth-order valence-corrected chi connectivity index (χ4v) is 3.65. The van der Waals surface area contributed by atoms with Crippen molar-refractivity contribution in [3.63, 3.8) is 0 Å². The minimum atomic E-state index is 0.527. The molecule has 28 heavy (non-hydrogen) atoms. The van der Waals surface area contributed by atoms with Crippen LogP contribution in [0.2, 0.25) is 0 Å². The Labute approximate surface area is 170 Å². The predicted molar refractivity (Wildman–Crippen MR) is 119 cm³/mol. The maximum atomic E-state index is 5.99. The molecule has 0 fully saturated rings. The van der Waals surface area contributed by atoms with E-state index >= 15 is 0 Å². The monoisotopic (exact) mass is 387 g/mol. The lowest BCUT2D eigenvalue weighted by Crippen LogP contribution is -1.88. The fraction of sp³-hybridized carbons (Fsp3) is 0.160. The van der Waals surface area contributed by atoms with Crippen molar-refractivity contribution in [2.45, 2.75) is 26.7 Å². The number of hydrogen-bond donors (Lipinski definition) is 0. The van der Waals surface area contributed by atoms with E-state index in [1.54, 1.807) is 0 Å². The number of fused-ring (bicyclic) bond motifs is 1. The van der Waals surface area contributed by atoms with Gasteiger partial charge >= 0.3 is 0 Å². The number of alkyl halides is 1. The molecule has 0 saturated heterocycles. The van der Waals surface area contributed by atoms with Gasteiger partial charge in [0.2, 0.25) is 0 Å². The number of aryl methyl sites for hydroxylation is 2. The molecule has 3 heteroatoms. The quantitative estimate of drug-likeness (QED) is 0.270. The Morgan fingerprint density at radius 2 is 1.75 bits per heavy atom. The lowest BCUT2D eigenvalue weighted by molar-refractivity contribution is 0.561. The highest BCUT2D eigenvalue weighted by atomic mass is 35.5. The first-order valence-corrected chi connectivity index (χ1v) is 9.89. The summed E-state index contributed by atoms with van der Waals surface area (Å²) in [6.45, 7) is 6.15. The van der Waals surface area contributed by atoms with Crippen LogP contribution in [0.1, 0.15) is 33.7 Å². The molecule has 0 spiro atoms. The van der Waals surface area contributed by atoms with Crippen molar-refractivity contribution in [3.05, 3.63) is 88.3 Å². The van der Waals surface area contributed by atoms with Crippen LogP contribution in [-0.4, -0.2) is 4.98 Å². The molecule has 2 nitrogen and oxygen atoms in total. The van der Waals surface area contributed by atoms with Crippen LogP contribution in [0.5, 0.6) is 0 Å². The molecule has 0 aliphatic heterocycles. The average molecular weight is 388 g/mol. The van der Waals surface area contributed by atoms with Crippen LogP contribution in [-0.2, 0) is 5.88 Å². The summed E-state index contributed by atoms with van der Waals surface area (Å²) in [5.41, 5.74) is 10.1. The standard InChI is InChI=1S/C25H22ClNO/c1-16-7-8-19(15-26)13-21(16)10-9-20-5-4-6-23(17(20)2)22-11-12-24-25(14-22)28-18(3)27-24/h4-14H,15H2,1-3H3/b10-9+. The van der Waals surface area contributed by atoms with Gasteiger partial charge in [-0.1, -0.05) is 54.6 Å². The Bertz CT molecular complexity index is 1190. The van der Waals surface area contributed by atoms with Gasteiger partial charge in [0.05, 0.1) is 0 Å². The van der Waals surface area contributed by atoms with Gasteiger partial charge in [-0.3, -0.25) is 0 Å². The average Bonchev–Trinajstić information content (AvgIpc) is 3.07. The van der Waals surface area contributed by atoms with Gasteiger partial charge in [0.15, 0.2) is 11.5 Å². The van der Waals surface area contributed by atoms with E-state index in [1.165, 1.54) is 27.8 Å². The Morgan fingerprint density at radius 1 is 0.929 bits per heavy atom. The second-order valence-electron chi connectivity index (χ2n) is 7.09. The lowest BCUT2D eigenvalue weighted by atomic mass is 9.95. The van der Waals surface area contributed by atoms with Crippen LogP contribution < -0.4 is 0 Å². The molecule has 1 aromatic heterocycles. The first-order chi connectivity index (χ1) is 13.5. The number of oxazole rings is 1. The van der Waals surface area contributed by atoms with E-state index in [4.69, 9.17) is 16.0 Å². The van der Waals surface area contributed by atoms with Crippen LogP contribution in [0.4, 0.5) is 0 Å². The van der Waals surface area contributed by atoms with Crippen LogP contribution in [0.3, 0.4) is 0 Å². The molecule has 0 unspecified atom stereocenters. The summed E-state index contributed by atoms with van der Waals surface area (Å²) in [6.07, 6.45) is 4.34. The zero-order valence-corrected chi connectivity index (χ0v) is 17.0. The molecule has 0 saturated carbocycles. The van der Waals surface area contributed by atoms with E-state index in [-0.39, 0.29) is 0 Å². The molecule has 0 amide bonds. The molecular formula is C25H22ClNO. The predicted octanol–water partition coefficient (Wildman–Crippen LogP) is 7.33. The maximum Gasteiger partial charge on any atom is 0.192 e. The van der Waals surface area contributed by atoms with Gasteiger partial charge in [0, 0.05) is 12.8 Å². The molecule has 0 atom stereocenters. The van der Waals surface area contributed by atoms with Crippen molar-refractivity contribution < 1.29 is 4.42 Å². The summed E-state index contributed by atoms with van der Waals surface area (Å²) < 4.78 is 5.70. The maximum absolute atomic E-state index is 5.99. The normalized spacial score (nSPS) is 11.6. The fourth-order valence-electron chi connectivity index (χ4n) is 3.49. The first-order valence-electron chi connectivity index (χ1n) is 9.36. The van der Waals surface area contributed by atoms with E-state index in [1.807, 2.05) is 13.0 Å². The lowest BCUT2D eigenvalue weighted by Gasteiger charge is -2.10. The number of nitrogens with zero attached hydrogens (tertiary/aromatic N) is 1. The van der Waals surface area contributed by atoms with Crippen LogP contribution in [0.25, 0.3) is 34.4 Å². The number of rotatable bonds is 4. The largest absolute Gasteiger partial charge is 0.441 e. The van der Waals surface area contributed by atoms with Gasteiger partial charge in [-0.15, -0.1) is 11.6 Å². The molecule has 4 aromatic rings.